The van der Waals surface area contributed by atoms with Crippen LogP contribution in [0.4, 0.5) is 4.39 Å². The van der Waals surface area contributed by atoms with Gasteiger partial charge < -0.3 is 10.5 Å². The number of nitrogens with zero attached hydrogens (tertiary/aromatic N) is 1. The molecule has 0 amide bonds. The molecule has 0 aliphatic carbocycles. The van der Waals surface area contributed by atoms with Gasteiger partial charge in [-0.25, -0.2) is 4.39 Å². The minimum atomic E-state index is -0.389. The molecular weight excluding hydrogens is 159 g/mol. The molecule has 2 N–H and O–H groups in total. The number of halogens is 1. The van der Waals surface area contributed by atoms with Crippen LogP contribution in [0.5, 0.6) is 5.75 Å². The van der Waals surface area contributed by atoms with Crippen LogP contribution in [-0.2, 0) is 0 Å². The van der Waals surface area contributed by atoms with Crippen molar-refractivity contribution in [2.45, 2.75) is 6.42 Å². The van der Waals surface area contributed by atoms with Crippen LogP contribution in [0.15, 0.2) is 18.5 Å². The van der Waals surface area contributed by atoms with E-state index in [-0.39, 0.29) is 5.82 Å². The van der Waals surface area contributed by atoms with Gasteiger partial charge in [0.05, 0.1) is 19.0 Å². The third-order valence-corrected chi connectivity index (χ3v) is 1.30. The topological polar surface area (TPSA) is 48.1 Å². The van der Waals surface area contributed by atoms with E-state index in [1.807, 2.05) is 0 Å². The molecule has 12 heavy (non-hydrogen) atoms. The molecule has 0 saturated carbocycles. The molecule has 0 aromatic carbocycles. The van der Waals surface area contributed by atoms with Gasteiger partial charge in [0.1, 0.15) is 11.6 Å². The van der Waals surface area contributed by atoms with Crippen LogP contribution in [0, 0.1) is 5.82 Å². The second-order valence-electron chi connectivity index (χ2n) is 2.33. The van der Waals surface area contributed by atoms with Crippen molar-refractivity contribution in [2.75, 3.05) is 13.2 Å². The first-order chi connectivity index (χ1) is 5.83. The van der Waals surface area contributed by atoms with E-state index >= 15 is 0 Å². The van der Waals surface area contributed by atoms with Crippen molar-refractivity contribution in [3.05, 3.63) is 24.3 Å². The lowest BCUT2D eigenvalue weighted by atomic mass is 10.4. The number of ether oxygens (including phenoxy) is 1. The molecule has 1 aromatic rings. The van der Waals surface area contributed by atoms with E-state index < -0.39 is 0 Å². The van der Waals surface area contributed by atoms with Gasteiger partial charge in [-0.3, -0.25) is 4.98 Å². The monoisotopic (exact) mass is 170 g/mol. The van der Waals surface area contributed by atoms with Gasteiger partial charge in [0.2, 0.25) is 0 Å². The average Bonchev–Trinajstić information content (AvgIpc) is 2.05. The highest BCUT2D eigenvalue weighted by atomic mass is 19.1. The van der Waals surface area contributed by atoms with Crippen molar-refractivity contribution in [3.63, 3.8) is 0 Å². The summed E-state index contributed by atoms with van der Waals surface area (Å²) in [5.41, 5.74) is 5.25. The maximum atomic E-state index is 12.5. The maximum absolute atomic E-state index is 12.5. The predicted octanol–water partition coefficient (Wildman–Crippen LogP) is 0.948. The minimum Gasteiger partial charge on any atom is -0.492 e. The summed E-state index contributed by atoms with van der Waals surface area (Å²) < 4.78 is 17.7. The molecule has 0 atom stereocenters. The molecule has 66 valence electrons. The van der Waals surface area contributed by atoms with Gasteiger partial charge in [-0.2, -0.15) is 0 Å². The van der Waals surface area contributed by atoms with Crippen LogP contribution in [0.25, 0.3) is 0 Å². The molecule has 0 radical (unpaired) electrons. The Morgan fingerprint density at radius 2 is 2.33 bits per heavy atom. The molecular formula is C8H11FN2O. The number of nitrogens with two attached hydrogens (primary N) is 1. The Labute approximate surface area is 70.4 Å². The normalized spacial score (nSPS) is 9.83. The first-order valence-corrected chi connectivity index (χ1v) is 3.76. The van der Waals surface area contributed by atoms with Crippen LogP contribution in [0.2, 0.25) is 0 Å². The highest BCUT2D eigenvalue weighted by Crippen LogP contribution is 2.09. The molecule has 0 spiro atoms. The van der Waals surface area contributed by atoms with Crippen molar-refractivity contribution < 1.29 is 9.13 Å². The maximum Gasteiger partial charge on any atom is 0.145 e. The van der Waals surface area contributed by atoms with Gasteiger partial charge in [0.25, 0.3) is 0 Å². The SMILES string of the molecule is NCCCOc1cncc(F)c1. The lowest BCUT2D eigenvalue weighted by molar-refractivity contribution is 0.310. The van der Waals surface area contributed by atoms with E-state index in [0.29, 0.717) is 18.9 Å². The lowest BCUT2D eigenvalue weighted by Crippen LogP contribution is -2.06. The van der Waals surface area contributed by atoms with E-state index in [4.69, 9.17) is 10.5 Å². The van der Waals surface area contributed by atoms with E-state index in [0.717, 1.165) is 12.6 Å². The Morgan fingerprint density at radius 3 is 3.00 bits per heavy atom. The molecule has 0 aliphatic heterocycles. The van der Waals surface area contributed by atoms with Crippen LogP contribution < -0.4 is 10.5 Å². The number of pyridine rings is 1. The largest absolute Gasteiger partial charge is 0.492 e. The van der Waals surface area contributed by atoms with Gasteiger partial charge in [0, 0.05) is 6.07 Å². The molecule has 1 aromatic heterocycles. The van der Waals surface area contributed by atoms with E-state index in [1.54, 1.807) is 0 Å². The Hall–Kier alpha value is -1.16. The van der Waals surface area contributed by atoms with Crippen LogP contribution in [0.3, 0.4) is 0 Å². The van der Waals surface area contributed by atoms with Gasteiger partial charge in [0.15, 0.2) is 0 Å². The molecule has 0 aliphatic rings. The average molecular weight is 170 g/mol. The van der Waals surface area contributed by atoms with Gasteiger partial charge in [-0.15, -0.1) is 0 Å². The second kappa shape index (κ2) is 4.66. The number of aromatic nitrogens is 1. The lowest BCUT2D eigenvalue weighted by Gasteiger charge is -2.03. The fraction of sp³-hybridized carbons (Fsp3) is 0.375. The van der Waals surface area contributed by atoms with Crippen molar-refractivity contribution in [2.24, 2.45) is 5.73 Å². The molecule has 0 fully saturated rings. The van der Waals surface area contributed by atoms with Crippen LogP contribution in [-0.4, -0.2) is 18.1 Å². The van der Waals surface area contributed by atoms with E-state index in [2.05, 4.69) is 4.98 Å². The van der Waals surface area contributed by atoms with Gasteiger partial charge in [-0.1, -0.05) is 0 Å². The van der Waals surface area contributed by atoms with Crippen LogP contribution in [0.1, 0.15) is 6.42 Å². The summed E-state index contributed by atoms with van der Waals surface area (Å²) in [4.78, 5) is 3.63. The van der Waals surface area contributed by atoms with Crippen molar-refractivity contribution in [1.82, 2.24) is 4.98 Å². The Morgan fingerprint density at radius 1 is 1.50 bits per heavy atom. The smallest absolute Gasteiger partial charge is 0.145 e. The predicted molar refractivity (Wildman–Crippen MR) is 43.4 cm³/mol. The van der Waals surface area contributed by atoms with Crippen molar-refractivity contribution in [3.8, 4) is 5.75 Å². The third kappa shape index (κ3) is 2.84. The first kappa shape index (κ1) is 8.93. The molecule has 3 nitrogen and oxygen atoms in total. The summed E-state index contributed by atoms with van der Waals surface area (Å²) in [7, 11) is 0. The second-order valence-corrected chi connectivity index (χ2v) is 2.33. The summed E-state index contributed by atoms with van der Waals surface area (Å²) in [6, 6.07) is 1.30. The summed E-state index contributed by atoms with van der Waals surface area (Å²) in [5.74, 6) is 0.0590. The summed E-state index contributed by atoms with van der Waals surface area (Å²) in [6.07, 6.45) is 3.37. The number of hydrogen-bond donors (Lipinski definition) is 1. The zero-order valence-electron chi connectivity index (χ0n) is 6.66. The quantitative estimate of drug-likeness (QED) is 0.684. The zero-order chi connectivity index (χ0) is 8.81. The Kier molecular flexibility index (Phi) is 3.47. The summed E-state index contributed by atoms with van der Waals surface area (Å²) in [5, 5.41) is 0. The molecule has 0 saturated heterocycles. The van der Waals surface area contributed by atoms with E-state index in [9.17, 15) is 4.39 Å². The summed E-state index contributed by atoms with van der Waals surface area (Å²) >= 11 is 0. The Balaban J connectivity index is 2.41. The third-order valence-electron chi connectivity index (χ3n) is 1.30. The molecule has 1 heterocycles. The summed E-state index contributed by atoms with van der Waals surface area (Å²) in [6.45, 7) is 1.07. The fourth-order valence-corrected chi connectivity index (χ4v) is 0.745. The standard InChI is InChI=1S/C8H11FN2O/c9-7-4-8(6-11-5-7)12-3-1-2-10/h4-6H,1-3,10H2. The first-order valence-electron chi connectivity index (χ1n) is 3.76. The molecule has 0 unspecified atom stereocenters. The van der Waals surface area contributed by atoms with Gasteiger partial charge in [-0.05, 0) is 13.0 Å². The Bertz CT molecular complexity index is 242. The van der Waals surface area contributed by atoms with Crippen molar-refractivity contribution >= 4 is 0 Å². The molecule has 4 heteroatoms. The van der Waals surface area contributed by atoms with Crippen molar-refractivity contribution in [1.29, 1.82) is 0 Å². The fourth-order valence-electron chi connectivity index (χ4n) is 0.745. The number of rotatable bonds is 4. The number of hydrogen-bond acceptors (Lipinski definition) is 3. The van der Waals surface area contributed by atoms with Crippen LogP contribution >= 0.6 is 0 Å². The highest BCUT2D eigenvalue weighted by molar-refractivity contribution is 5.16. The van der Waals surface area contributed by atoms with Gasteiger partial charge >= 0.3 is 0 Å². The zero-order valence-corrected chi connectivity index (χ0v) is 6.66. The minimum absolute atomic E-state index is 0.389. The van der Waals surface area contributed by atoms with E-state index in [1.165, 1.54) is 12.3 Å². The molecule has 0 bridgehead atoms. The molecule has 1 rings (SSSR count). The highest BCUT2D eigenvalue weighted by Gasteiger charge is 1.95.